The molecule has 0 fully saturated rings. The first-order valence-electron chi connectivity index (χ1n) is 10.4. The van der Waals surface area contributed by atoms with E-state index in [-0.39, 0.29) is 0 Å². The fraction of sp³-hybridized carbons (Fsp3) is 0.208. The topological polar surface area (TPSA) is 113 Å². The summed E-state index contributed by atoms with van der Waals surface area (Å²) in [6.07, 6.45) is 8.57. The number of carbonyl (C=O) groups is 1. The normalized spacial score (nSPS) is 10.6. The highest BCUT2D eigenvalue weighted by Crippen LogP contribution is 2.40. The Labute approximate surface area is 206 Å². The molecule has 4 rings (SSSR count). The van der Waals surface area contributed by atoms with Gasteiger partial charge in [-0.3, -0.25) is 9.48 Å². The molecule has 0 saturated carbocycles. The molecule has 0 unspecified atom stereocenters. The lowest BCUT2D eigenvalue weighted by Crippen LogP contribution is -2.20. The maximum Gasteiger partial charge on any atom is 0.295 e. The number of hydrogen-bond acceptors (Lipinski definition) is 9. The highest BCUT2D eigenvalue weighted by molar-refractivity contribution is 8.00. The van der Waals surface area contributed by atoms with Gasteiger partial charge in [0.15, 0.2) is 11.4 Å². The van der Waals surface area contributed by atoms with E-state index in [0.29, 0.717) is 47.1 Å². The Morgan fingerprint density at radius 3 is 2.57 bits per heavy atom. The minimum Gasteiger partial charge on any atom is -0.496 e. The number of rotatable bonds is 10. The van der Waals surface area contributed by atoms with Gasteiger partial charge in [-0.05, 0) is 47.7 Å². The highest BCUT2D eigenvalue weighted by atomic mass is 32.2. The molecule has 0 bridgehead atoms. The molecule has 10 nitrogen and oxygen atoms in total. The standard InChI is InChI=1S/C24H23N5O5S/c1-5-21(30)25-11-16-12-26-29(14-16)13-15-9-19(33-4)22-20(10-15)34-27-24(22)28-35-23-17(31-2)7-6-8-18(23)32-3/h1,6-10,12,14H,11,13H2,2-4H3,(H,25,30)(H,27,28). The Morgan fingerprint density at radius 2 is 1.89 bits per heavy atom. The molecule has 0 aliphatic carbocycles. The van der Waals surface area contributed by atoms with Gasteiger partial charge < -0.3 is 28.8 Å². The molecule has 1 amide bonds. The largest absolute Gasteiger partial charge is 0.496 e. The Bertz CT molecular complexity index is 1370. The first-order valence-corrected chi connectivity index (χ1v) is 11.2. The summed E-state index contributed by atoms with van der Waals surface area (Å²) in [5.74, 6) is 3.99. The lowest BCUT2D eigenvalue weighted by molar-refractivity contribution is -0.115. The Morgan fingerprint density at radius 1 is 1.14 bits per heavy atom. The monoisotopic (exact) mass is 493 g/mol. The van der Waals surface area contributed by atoms with Gasteiger partial charge >= 0.3 is 0 Å². The minimum absolute atomic E-state index is 0.303. The molecule has 4 aromatic rings. The first kappa shape index (κ1) is 23.8. The van der Waals surface area contributed by atoms with Crippen molar-refractivity contribution in [3.05, 3.63) is 53.9 Å². The third-order valence-corrected chi connectivity index (χ3v) is 5.97. The number of anilines is 1. The van der Waals surface area contributed by atoms with Crippen molar-refractivity contribution in [3.63, 3.8) is 0 Å². The smallest absolute Gasteiger partial charge is 0.295 e. The zero-order valence-corrected chi connectivity index (χ0v) is 20.1. The molecule has 180 valence electrons. The van der Waals surface area contributed by atoms with Crippen LogP contribution < -0.4 is 24.2 Å². The zero-order chi connectivity index (χ0) is 24.8. The number of fused-ring (bicyclic) bond motifs is 1. The maximum atomic E-state index is 11.2. The van der Waals surface area contributed by atoms with E-state index < -0.39 is 5.91 Å². The van der Waals surface area contributed by atoms with Crippen LogP contribution in [0.5, 0.6) is 17.2 Å². The van der Waals surface area contributed by atoms with Gasteiger partial charge in [-0.25, -0.2) is 0 Å². The van der Waals surface area contributed by atoms with Crippen LogP contribution in [0.2, 0.25) is 0 Å². The molecule has 2 aromatic carbocycles. The van der Waals surface area contributed by atoms with Crippen molar-refractivity contribution in [3.8, 4) is 29.6 Å². The van der Waals surface area contributed by atoms with Gasteiger partial charge in [0.1, 0.15) is 27.5 Å². The van der Waals surface area contributed by atoms with Crippen LogP contribution >= 0.6 is 11.9 Å². The van der Waals surface area contributed by atoms with E-state index in [1.807, 2.05) is 42.4 Å². The lowest BCUT2D eigenvalue weighted by atomic mass is 10.1. The number of nitrogens with zero attached hydrogens (tertiary/aromatic N) is 3. The fourth-order valence-corrected chi connectivity index (χ4v) is 4.28. The van der Waals surface area contributed by atoms with Gasteiger partial charge in [0, 0.05) is 18.3 Å². The number of hydrogen-bond donors (Lipinski definition) is 2. The molecule has 2 heterocycles. The summed E-state index contributed by atoms with van der Waals surface area (Å²) in [7, 11) is 4.79. The van der Waals surface area contributed by atoms with Crippen molar-refractivity contribution in [1.82, 2.24) is 20.3 Å². The van der Waals surface area contributed by atoms with Gasteiger partial charge in [-0.1, -0.05) is 11.2 Å². The second-order valence-corrected chi connectivity index (χ2v) is 8.09. The second-order valence-electron chi connectivity index (χ2n) is 7.27. The summed E-state index contributed by atoms with van der Waals surface area (Å²) < 4.78 is 27.1. The van der Waals surface area contributed by atoms with E-state index in [1.165, 1.54) is 11.9 Å². The molecule has 11 heteroatoms. The van der Waals surface area contributed by atoms with E-state index in [0.717, 1.165) is 16.0 Å². The number of amides is 1. The van der Waals surface area contributed by atoms with Crippen LogP contribution in [0.4, 0.5) is 5.82 Å². The summed E-state index contributed by atoms with van der Waals surface area (Å²) in [6.45, 7) is 0.767. The quantitative estimate of drug-likeness (QED) is 0.253. The van der Waals surface area contributed by atoms with Crippen LogP contribution in [0.25, 0.3) is 11.0 Å². The molecular weight excluding hydrogens is 470 g/mol. The van der Waals surface area contributed by atoms with Crippen LogP contribution in [-0.2, 0) is 17.9 Å². The molecule has 2 N–H and O–H groups in total. The lowest BCUT2D eigenvalue weighted by Gasteiger charge is -2.12. The van der Waals surface area contributed by atoms with Crippen molar-refractivity contribution in [2.75, 3.05) is 26.1 Å². The van der Waals surface area contributed by atoms with E-state index in [9.17, 15) is 4.79 Å². The van der Waals surface area contributed by atoms with Gasteiger partial charge in [0.2, 0.25) is 0 Å². The maximum absolute atomic E-state index is 11.2. The summed E-state index contributed by atoms with van der Waals surface area (Å²) in [6, 6.07) is 9.34. The molecule has 0 aliphatic rings. The molecule has 2 aromatic heterocycles. The number of carbonyl (C=O) groups excluding carboxylic acids is 1. The minimum atomic E-state index is -0.468. The predicted octanol–water partition coefficient (Wildman–Crippen LogP) is 3.47. The zero-order valence-electron chi connectivity index (χ0n) is 19.3. The van der Waals surface area contributed by atoms with E-state index >= 15 is 0 Å². The van der Waals surface area contributed by atoms with Crippen LogP contribution in [0.3, 0.4) is 0 Å². The summed E-state index contributed by atoms with van der Waals surface area (Å²) in [5.41, 5.74) is 2.29. The molecule has 0 spiro atoms. The summed E-state index contributed by atoms with van der Waals surface area (Å²) >= 11 is 1.30. The van der Waals surface area contributed by atoms with Crippen LogP contribution in [-0.4, -0.2) is 42.2 Å². The third kappa shape index (κ3) is 5.28. The number of aromatic nitrogens is 3. The number of nitrogens with one attached hydrogen (secondary N) is 2. The number of terminal acetylenes is 1. The van der Waals surface area contributed by atoms with Gasteiger partial charge in [0.05, 0.1) is 34.1 Å². The van der Waals surface area contributed by atoms with Crippen molar-refractivity contribution < 1.29 is 23.5 Å². The Balaban J connectivity index is 1.54. The summed E-state index contributed by atoms with van der Waals surface area (Å²) in [5, 5.41) is 11.8. The number of ether oxygens (including phenoxy) is 3. The molecule has 0 atom stereocenters. The van der Waals surface area contributed by atoms with Crippen LogP contribution in [0, 0.1) is 12.3 Å². The number of methoxy groups -OCH3 is 3. The van der Waals surface area contributed by atoms with Gasteiger partial charge in [-0.2, -0.15) is 5.10 Å². The van der Waals surface area contributed by atoms with Crippen LogP contribution in [0.15, 0.2) is 52.1 Å². The fourth-order valence-electron chi connectivity index (χ4n) is 3.43. The molecule has 0 saturated heterocycles. The van der Waals surface area contributed by atoms with Crippen molar-refractivity contribution in [2.45, 2.75) is 18.0 Å². The number of benzene rings is 2. The summed E-state index contributed by atoms with van der Waals surface area (Å²) in [4.78, 5) is 12.0. The van der Waals surface area contributed by atoms with Crippen molar-refractivity contribution in [2.24, 2.45) is 0 Å². The highest BCUT2D eigenvalue weighted by Gasteiger charge is 2.18. The molecule has 0 aliphatic heterocycles. The average molecular weight is 494 g/mol. The molecular formula is C24H23N5O5S. The SMILES string of the molecule is C#CC(=O)NCc1cnn(Cc2cc(OC)c3c(NSc4c(OC)cccc4OC)noc3c2)c1. The first-order chi connectivity index (χ1) is 17.1. The van der Waals surface area contributed by atoms with E-state index in [4.69, 9.17) is 25.2 Å². The predicted molar refractivity (Wildman–Crippen MR) is 132 cm³/mol. The van der Waals surface area contributed by atoms with E-state index in [2.05, 4.69) is 20.3 Å². The van der Waals surface area contributed by atoms with Gasteiger partial charge in [-0.15, -0.1) is 6.42 Å². The third-order valence-electron chi connectivity index (χ3n) is 5.07. The Hall–Kier alpha value is -4.30. The van der Waals surface area contributed by atoms with E-state index in [1.54, 1.807) is 32.2 Å². The van der Waals surface area contributed by atoms with Gasteiger partial charge in [0.25, 0.3) is 5.91 Å². The average Bonchev–Trinajstić information content (AvgIpc) is 3.51. The van der Waals surface area contributed by atoms with Crippen molar-refractivity contribution >= 4 is 34.6 Å². The second kappa shape index (κ2) is 10.8. The molecule has 0 radical (unpaired) electrons. The molecule has 35 heavy (non-hydrogen) atoms. The van der Waals surface area contributed by atoms with Crippen molar-refractivity contribution in [1.29, 1.82) is 0 Å². The van der Waals surface area contributed by atoms with Crippen LogP contribution in [0.1, 0.15) is 11.1 Å². The Kier molecular flexibility index (Phi) is 7.32.